The van der Waals surface area contributed by atoms with Crippen LogP contribution in [0.2, 0.25) is 0 Å². The Morgan fingerprint density at radius 2 is 1.70 bits per heavy atom. The lowest BCUT2D eigenvalue weighted by atomic mass is 9.88. The lowest BCUT2D eigenvalue weighted by molar-refractivity contribution is 0.0950. The van der Waals surface area contributed by atoms with Gasteiger partial charge in [0, 0.05) is 54.3 Å². The number of carbonyl (C=O) groups is 1. The number of amides is 1. The predicted molar refractivity (Wildman–Crippen MR) is 184 cm³/mol. The number of epoxide rings is 1. The molecule has 1 aliphatic carbocycles. The maximum Gasteiger partial charge on any atom is 0.253 e. The van der Waals surface area contributed by atoms with Crippen molar-refractivity contribution in [3.05, 3.63) is 86.3 Å². The lowest BCUT2D eigenvalue weighted by Crippen LogP contribution is -2.42. The second-order valence-electron chi connectivity index (χ2n) is 13.1. The maximum atomic E-state index is 13.9. The number of hydrogen-bond donors (Lipinski definition) is 4. The Morgan fingerprint density at radius 3 is 2.33 bits per heavy atom. The molecule has 2 aromatic carbocycles. The fourth-order valence-corrected chi connectivity index (χ4v) is 6.99. The monoisotopic (exact) mass is 629 g/mol. The van der Waals surface area contributed by atoms with E-state index in [0.29, 0.717) is 29.6 Å². The number of aromatic amines is 1. The number of aliphatic hydroxyl groups excluding tert-OH is 1. The zero-order chi connectivity index (χ0) is 33.0. The third-order valence-corrected chi connectivity index (χ3v) is 9.78. The molecule has 9 heteroatoms. The van der Waals surface area contributed by atoms with Gasteiger partial charge in [0.1, 0.15) is 12.3 Å². The first-order valence-electron chi connectivity index (χ1n) is 16.8. The Balaban J connectivity index is 1.44. The number of anilines is 1. The molecule has 46 heavy (non-hydrogen) atoms. The van der Waals surface area contributed by atoms with Gasteiger partial charge in [0.25, 0.3) is 11.5 Å². The van der Waals surface area contributed by atoms with Gasteiger partial charge in [0.05, 0.1) is 0 Å². The first-order chi connectivity index (χ1) is 22.1. The minimum Gasteiger partial charge on any atom is -0.396 e. The van der Waals surface area contributed by atoms with Crippen molar-refractivity contribution in [1.82, 2.24) is 20.5 Å². The molecule has 1 aromatic heterocycles. The second kappa shape index (κ2) is 14.9. The van der Waals surface area contributed by atoms with E-state index in [1.807, 2.05) is 32.9 Å². The fourth-order valence-electron chi connectivity index (χ4n) is 6.99. The number of H-pyrrole nitrogens is 1. The number of aliphatic hydroxyl groups is 1. The van der Waals surface area contributed by atoms with E-state index in [1.165, 1.54) is 0 Å². The highest BCUT2D eigenvalue weighted by Gasteiger charge is 2.39. The number of rotatable bonds is 13. The van der Waals surface area contributed by atoms with Crippen LogP contribution in [0.4, 0.5) is 5.69 Å². The van der Waals surface area contributed by atoms with Crippen LogP contribution < -0.4 is 21.1 Å². The van der Waals surface area contributed by atoms with Gasteiger partial charge in [-0.15, -0.1) is 0 Å². The van der Waals surface area contributed by atoms with Gasteiger partial charge in [-0.3, -0.25) is 14.9 Å². The molecule has 0 spiro atoms. The fraction of sp³-hybridized carbons (Fsp3) is 0.514. The van der Waals surface area contributed by atoms with E-state index < -0.39 is 0 Å². The van der Waals surface area contributed by atoms with Crippen molar-refractivity contribution in [3.8, 4) is 11.1 Å². The van der Waals surface area contributed by atoms with Crippen LogP contribution in [0, 0.1) is 20.8 Å². The Morgan fingerprint density at radius 1 is 1.00 bits per heavy atom. The molecule has 2 heterocycles. The number of nitrogens with zero attached hydrogens (tertiary/aromatic N) is 2. The first-order valence-corrected chi connectivity index (χ1v) is 16.8. The Bertz CT molecular complexity index is 1560. The number of ether oxygens (including phenoxy) is 1. The van der Waals surface area contributed by atoms with Gasteiger partial charge < -0.3 is 29.9 Å². The zero-order valence-corrected chi connectivity index (χ0v) is 28.3. The average Bonchev–Trinajstić information content (AvgIpc) is 3.81. The number of hydrogen-bond acceptors (Lipinski definition) is 7. The molecule has 3 aromatic rings. The summed E-state index contributed by atoms with van der Waals surface area (Å²) in [5, 5.41) is 15.4. The second-order valence-corrected chi connectivity index (χ2v) is 13.1. The molecule has 2 fully saturated rings. The molecular weight excluding hydrogens is 578 g/mol. The molecule has 1 aliphatic heterocycles. The summed E-state index contributed by atoms with van der Waals surface area (Å²) < 4.78 is 5.82. The van der Waals surface area contributed by atoms with Crippen molar-refractivity contribution in [1.29, 1.82) is 0 Å². The van der Waals surface area contributed by atoms with E-state index in [-0.39, 0.29) is 36.9 Å². The van der Waals surface area contributed by atoms with Crippen molar-refractivity contribution in [2.75, 3.05) is 38.7 Å². The summed E-state index contributed by atoms with van der Waals surface area (Å²) in [5.41, 5.74) is 7.85. The first kappa shape index (κ1) is 33.9. The number of benzene rings is 2. The Hall–Kier alpha value is -3.50. The largest absolute Gasteiger partial charge is 0.396 e. The number of nitrogens with one attached hydrogen (secondary N) is 3. The minimum absolute atomic E-state index is 0.00363. The van der Waals surface area contributed by atoms with Crippen LogP contribution in [0.15, 0.2) is 47.3 Å². The lowest BCUT2D eigenvalue weighted by Gasteiger charge is -2.40. The number of aromatic nitrogens is 1. The van der Waals surface area contributed by atoms with Gasteiger partial charge >= 0.3 is 0 Å². The molecule has 9 nitrogen and oxygen atoms in total. The number of carbonyl (C=O) groups excluding carboxylic acids is 1. The third kappa shape index (κ3) is 7.72. The van der Waals surface area contributed by atoms with Crippen LogP contribution in [0.1, 0.15) is 83.4 Å². The van der Waals surface area contributed by atoms with Gasteiger partial charge in [-0.25, -0.2) is 0 Å². The van der Waals surface area contributed by atoms with E-state index in [9.17, 15) is 9.59 Å². The topological polar surface area (TPSA) is 113 Å². The van der Waals surface area contributed by atoms with E-state index >= 15 is 0 Å². The highest BCUT2D eigenvalue weighted by Crippen LogP contribution is 2.39. The molecule has 1 saturated carbocycles. The predicted octanol–water partition coefficient (Wildman–Crippen LogP) is 4.97. The highest BCUT2D eigenvalue weighted by molar-refractivity contribution is 5.99. The van der Waals surface area contributed by atoms with Crippen molar-refractivity contribution >= 4 is 11.6 Å². The summed E-state index contributed by atoms with van der Waals surface area (Å²) in [5.74, 6) is -0.188. The summed E-state index contributed by atoms with van der Waals surface area (Å²) in [6.45, 7) is 9.90. The molecule has 2 unspecified atom stereocenters. The van der Waals surface area contributed by atoms with E-state index in [1.54, 1.807) is 0 Å². The van der Waals surface area contributed by atoms with Gasteiger partial charge in [-0.1, -0.05) is 24.3 Å². The zero-order valence-electron chi connectivity index (χ0n) is 28.3. The van der Waals surface area contributed by atoms with Gasteiger partial charge in [-0.05, 0) is 126 Å². The molecule has 0 radical (unpaired) electrons. The van der Waals surface area contributed by atoms with E-state index in [2.05, 4.69) is 76.8 Å². The van der Waals surface area contributed by atoms with Crippen LogP contribution in [0.5, 0.6) is 0 Å². The summed E-state index contributed by atoms with van der Waals surface area (Å²) in [7, 11) is 4.34. The molecular formula is C37H51N5O4. The Labute approximate surface area is 273 Å². The van der Waals surface area contributed by atoms with Crippen LogP contribution in [0.25, 0.3) is 11.1 Å². The SMILES string of the molecule is CCN(c1cc(-c2ccc(C3OC3NCCCO)cc2)cc(C(=O)NCc2c(C)cc(C)[nH]c2=O)c1C)[C@H]1CC[C@H](N(C)C)CC1. The third-order valence-electron chi connectivity index (χ3n) is 9.78. The van der Waals surface area contributed by atoms with Crippen LogP contribution in [0.3, 0.4) is 0 Å². The highest BCUT2D eigenvalue weighted by atomic mass is 16.6. The molecule has 2 aliphatic rings. The standard InChI is InChI=1S/C37H51N5O4/c1-7-42(30-15-13-29(14-16-30)41(5)6)33-21-28(26-9-11-27(12-10-26)34-37(46-34)38-17-8-18-43)20-31(25(33)4)35(44)39-22-32-23(2)19-24(3)40-36(32)45/h9-12,19-21,29-30,34,37-38,43H,7-8,13-18,22H2,1-6H3,(H,39,44)(H,40,45)/t29-,30-,34?,37?. The molecule has 248 valence electrons. The molecule has 0 bridgehead atoms. The summed E-state index contributed by atoms with van der Waals surface area (Å²) in [6, 6.07) is 15.6. The van der Waals surface area contributed by atoms with Crippen LogP contribution in [-0.4, -0.2) is 73.0 Å². The van der Waals surface area contributed by atoms with Gasteiger partial charge in [-0.2, -0.15) is 0 Å². The van der Waals surface area contributed by atoms with Crippen molar-refractivity contribution in [2.45, 2.75) is 90.8 Å². The molecule has 1 amide bonds. The average molecular weight is 630 g/mol. The van der Waals surface area contributed by atoms with Gasteiger partial charge in [0.15, 0.2) is 0 Å². The molecule has 4 N–H and O–H groups in total. The molecule has 1 saturated heterocycles. The number of aryl methyl sites for hydroxylation is 2. The van der Waals surface area contributed by atoms with Crippen molar-refractivity contribution in [3.63, 3.8) is 0 Å². The normalized spacial score (nSPS) is 21.0. The summed E-state index contributed by atoms with van der Waals surface area (Å²) >= 11 is 0. The summed E-state index contributed by atoms with van der Waals surface area (Å²) in [6.07, 6.45) is 5.22. The van der Waals surface area contributed by atoms with Crippen LogP contribution >= 0.6 is 0 Å². The van der Waals surface area contributed by atoms with Crippen molar-refractivity contribution in [2.24, 2.45) is 0 Å². The summed E-state index contributed by atoms with van der Waals surface area (Å²) in [4.78, 5) is 34.2. The Kier molecular flexibility index (Phi) is 11.0. The van der Waals surface area contributed by atoms with Crippen LogP contribution in [-0.2, 0) is 11.3 Å². The smallest absolute Gasteiger partial charge is 0.253 e. The van der Waals surface area contributed by atoms with E-state index in [0.717, 1.165) is 78.0 Å². The maximum absolute atomic E-state index is 13.9. The number of pyridine rings is 1. The van der Waals surface area contributed by atoms with Gasteiger partial charge in [0.2, 0.25) is 0 Å². The quantitative estimate of drug-likeness (QED) is 0.156. The van der Waals surface area contributed by atoms with E-state index in [4.69, 9.17) is 9.84 Å². The molecule has 2 atom stereocenters. The van der Waals surface area contributed by atoms with Crippen molar-refractivity contribution < 1.29 is 14.6 Å². The minimum atomic E-state index is -0.188. The molecule has 5 rings (SSSR count).